The van der Waals surface area contributed by atoms with Crippen molar-refractivity contribution >= 4 is 11.6 Å². The molecule has 2 aromatic heterocycles. The van der Waals surface area contributed by atoms with Gasteiger partial charge >= 0.3 is 0 Å². The lowest BCUT2D eigenvalue weighted by Gasteiger charge is -2.32. The number of nitrogens with one attached hydrogen (secondary N) is 1. The second kappa shape index (κ2) is 9.85. The van der Waals surface area contributed by atoms with Crippen LogP contribution in [0, 0.1) is 6.92 Å². The summed E-state index contributed by atoms with van der Waals surface area (Å²) in [5.74, 6) is 1.14. The molecule has 1 saturated carbocycles. The average Bonchev–Trinajstić information content (AvgIpc) is 2.80. The van der Waals surface area contributed by atoms with Crippen LogP contribution in [0.3, 0.4) is 0 Å². The number of benzene rings is 1. The summed E-state index contributed by atoms with van der Waals surface area (Å²) in [6.07, 6.45) is 7.53. The highest BCUT2D eigenvalue weighted by atomic mass is 16.5. The van der Waals surface area contributed by atoms with Gasteiger partial charge in [-0.2, -0.15) is 0 Å². The molecule has 0 unspecified atom stereocenters. The molecule has 0 saturated heterocycles. The van der Waals surface area contributed by atoms with Gasteiger partial charge in [-0.1, -0.05) is 19.4 Å². The molecule has 2 atom stereocenters. The van der Waals surface area contributed by atoms with Gasteiger partial charge in [0.1, 0.15) is 28.8 Å². The highest BCUT2D eigenvalue weighted by molar-refractivity contribution is 5.94. The molecule has 1 aliphatic carbocycles. The topological polar surface area (TPSA) is 81.9 Å². The van der Waals surface area contributed by atoms with E-state index in [-0.39, 0.29) is 23.3 Å². The minimum absolute atomic E-state index is 0.0369. The summed E-state index contributed by atoms with van der Waals surface area (Å²) in [5, 5.41) is 3.02. The van der Waals surface area contributed by atoms with Gasteiger partial charge in [0, 0.05) is 12.4 Å². The zero-order valence-corrected chi connectivity index (χ0v) is 18.5. The van der Waals surface area contributed by atoms with Crippen molar-refractivity contribution < 1.29 is 14.3 Å². The number of aryl methyl sites for hydroxylation is 1. The first-order valence-corrected chi connectivity index (χ1v) is 11.2. The average molecular weight is 436 g/mol. The maximum absolute atomic E-state index is 13.0. The number of rotatable bonds is 7. The number of pyridine rings is 1. The van der Waals surface area contributed by atoms with Gasteiger partial charge in [-0.3, -0.25) is 14.0 Å². The van der Waals surface area contributed by atoms with Gasteiger partial charge in [-0.15, -0.1) is 0 Å². The summed E-state index contributed by atoms with van der Waals surface area (Å²) in [4.78, 5) is 30.1. The molecule has 7 nitrogen and oxygen atoms in total. The molecule has 1 fully saturated rings. The Morgan fingerprint density at radius 3 is 2.66 bits per heavy atom. The summed E-state index contributed by atoms with van der Waals surface area (Å²) in [5.41, 5.74) is 1.11. The van der Waals surface area contributed by atoms with E-state index < -0.39 is 5.91 Å². The van der Waals surface area contributed by atoms with E-state index >= 15 is 0 Å². The fourth-order valence-electron chi connectivity index (χ4n) is 4.00. The largest absolute Gasteiger partial charge is 0.494 e. The predicted molar refractivity (Wildman–Crippen MR) is 123 cm³/mol. The van der Waals surface area contributed by atoms with Crippen molar-refractivity contribution in [3.05, 3.63) is 70.3 Å². The summed E-state index contributed by atoms with van der Waals surface area (Å²) >= 11 is 0. The molecule has 1 N–H and O–H groups in total. The molecule has 1 aromatic carbocycles. The van der Waals surface area contributed by atoms with Crippen molar-refractivity contribution in [2.45, 2.75) is 58.1 Å². The molecule has 7 heteroatoms. The zero-order chi connectivity index (χ0) is 22.5. The van der Waals surface area contributed by atoms with Crippen LogP contribution in [0.2, 0.25) is 0 Å². The first-order valence-electron chi connectivity index (χ1n) is 11.2. The third-order valence-electron chi connectivity index (χ3n) is 5.70. The maximum atomic E-state index is 13.0. The predicted octanol–water partition coefficient (Wildman–Crippen LogP) is 3.91. The monoisotopic (exact) mass is 435 g/mol. The quantitative estimate of drug-likeness (QED) is 0.608. The Morgan fingerprint density at radius 1 is 1.12 bits per heavy atom. The molecule has 0 aliphatic heterocycles. The molecule has 4 rings (SSSR count). The molecule has 0 bridgehead atoms. The van der Waals surface area contributed by atoms with E-state index in [1.807, 2.05) is 37.3 Å². The van der Waals surface area contributed by atoms with Gasteiger partial charge in [0.2, 0.25) is 0 Å². The number of hydrogen-bond donors (Lipinski definition) is 1. The van der Waals surface area contributed by atoms with E-state index in [9.17, 15) is 9.59 Å². The molecule has 168 valence electrons. The van der Waals surface area contributed by atoms with E-state index in [4.69, 9.17) is 9.47 Å². The van der Waals surface area contributed by atoms with Gasteiger partial charge < -0.3 is 14.8 Å². The van der Waals surface area contributed by atoms with Crippen LogP contribution in [0.15, 0.2) is 53.6 Å². The van der Waals surface area contributed by atoms with E-state index in [1.165, 1.54) is 10.6 Å². The van der Waals surface area contributed by atoms with Crippen LogP contribution in [0.5, 0.6) is 11.5 Å². The number of carbonyl (C=O) groups is 1. The Bertz CT molecular complexity index is 1140. The molecule has 0 radical (unpaired) electrons. The lowest BCUT2D eigenvalue weighted by Crippen LogP contribution is -2.48. The maximum Gasteiger partial charge on any atom is 0.270 e. The van der Waals surface area contributed by atoms with Crippen LogP contribution in [0.25, 0.3) is 5.65 Å². The summed E-state index contributed by atoms with van der Waals surface area (Å²) in [7, 11) is 0. The van der Waals surface area contributed by atoms with E-state index in [2.05, 4.69) is 17.2 Å². The molecule has 1 aliphatic rings. The van der Waals surface area contributed by atoms with E-state index in [0.29, 0.717) is 12.3 Å². The molecule has 1 amide bonds. The number of amides is 1. The first kappa shape index (κ1) is 21.9. The van der Waals surface area contributed by atoms with Crippen LogP contribution in [0.1, 0.15) is 54.9 Å². The molecule has 0 spiro atoms. The number of carbonyl (C=O) groups excluding carboxylic acids is 1. The molecule has 32 heavy (non-hydrogen) atoms. The number of nitrogens with zero attached hydrogens (tertiary/aromatic N) is 2. The minimum atomic E-state index is -0.415. The molecule has 3 aromatic rings. The smallest absolute Gasteiger partial charge is 0.270 e. The standard InChI is InChI=1S/C25H29N3O4/c1-3-14-31-18-9-11-19(12-10-18)32-22-7-5-4-6-21(22)27-24(29)20-15-26-23-13-8-17(2)16-28(23)25(20)30/h8-13,15-16,21-22H,3-7,14H2,1-2H3,(H,27,29)/t21-,22-/m0/s1. The van der Waals surface area contributed by atoms with Crippen LogP contribution < -0.4 is 20.3 Å². The van der Waals surface area contributed by atoms with Crippen molar-refractivity contribution in [3.63, 3.8) is 0 Å². The Hall–Kier alpha value is -3.35. The second-order valence-electron chi connectivity index (χ2n) is 8.25. The van der Waals surface area contributed by atoms with E-state index in [0.717, 1.165) is 49.2 Å². The van der Waals surface area contributed by atoms with E-state index in [1.54, 1.807) is 12.3 Å². The van der Waals surface area contributed by atoms with Crippen molar-refractivity contribution in [2.75, 3.05) is 6.61 Å². The number of fused-ring (bicyclic) bond motifs is 1. The van der Waals surface area contributed by atoms with Crippen LogP contribution in [-0.2, 0) is 0 Å². The Labute approximate surface area is 187 Å². The summed E-state index contributed by atoms with van der Waals surface area (Å²) < 4.78 is 13.3. The fourth-order valence-corrected chi connectivity index (χ4v) is 4.00. The molecular weight excluding hydrogens is 406 g/mol. The van der Waals surface area contributed by atoms with Crippen molar-refractivity contribution in [1.82, 2.24) is 14.7 Å². The Balaban J connectivity index is 1.47. The SMILES string of the molecule is CCCOc1ccc(O[C@H]2CCCC[C@@H]2NC(=O)c2cnc3ccc(C)cn3c2=O)cc1. The van der Waals surface area contributed by atoms with Crippen molar-refractivity contribution in [1.29, 1.82) is 0 Å². The molecular formula is C25H29N3O4. The van der Waals surface area contributed by atoms with Gasteiger partial charge in [0.05, 0.1) is 12.6 Å². The van der Waals surface area contributed by atoms with Crippen molar-refractivity contribution in [3.8, 4) is 11.5 Å². The summed E-state index contributed by atoms with van der Waals surface area (Å²) in [6, 6.07) is 11.0. The lowest BCUT2D eigenvalue weighted by molar-refractivity contribution is 0.0796. The van der Waals surface area contributed by atoms with Gasteiger partial charge in [-0.05, 0) is 68.5 Å². The van der Waals surface area contributed by atoms with Gasteiger partial charge in [0.25, 0.3) is 11.5 Å². The van der Waals surface area contributed by atoms with Gasteiger partial charge in [0.15, 0.2) is 0 Å². The third kappa shape index (κ3) is 4.93. The third-order valence-corrected chi connectivity index (χ3v) is 5.70. The second-order valence-corrected chi connectivity index (χ2v) is 8.25. The highest BCUT2D eigenvalue weighted by Crippen LogP contribution is 2.26. The lowest BCUT2D eigenvalue weighted by atomic mass is 9.92. The number of aromatic nitrogens is 2. The van der Waals surface area contributed by atoms with Crippen LogP contribution in [0.4, 0.5) is 0 Å². The minimum Gasteiger partial charge on any atom is -0.494 e. The molecule has 2 heterocycles. The highest BCUT2D eigenvalue weighted by Gasteiger charge is 2.29. The van der Waals surface area contributed by atoms with Crippen LogP contribution in [-0.4, -0.2) is 34.0 Å². The van der Waals surface area contributed by atoms with Crippen molar-refractivity contribution in [2.24, 2.45) is 0 Å². The first-order chi connectivity index (χ1) is 15.5. The number of hydrogen-bond acceptors (Lipinski definition) is 5. The fraction of sp³-hybridized carbons (Fsp3) is 0.400. The normalized spacial score (nSPS) is 18.3. The Morgan fingerprint density at radius 2 is 1.88 bits per heavy atom. The Kier molecular flexibility index (Phi) is 6.73. The summed E-state index contributed by atoms with van der Waals surface area (Å²) in [6.45, 7) is 4.64. The zero-order valence-electron chi connectivity index (χ0n) is 18.5. The van der Waals surface area contributed by atoms with Gasteiger partial charge in [-0.25, -0.2) is 4.98 Å². The number of ether oxygens (including phenoxy) is 2. The van der Waals surface area contributed by atoms with Crippen LogP contribution >= 0.6 is 0 Å².